The fraction of sp³-hybridized carbons (Fsp3) is 0.333. The Morgan fingerprint density at radius 3 is 2.52 bits per heavy atom. The SMILES string of the molecule is O=C(Cn1nc(C(F)(F)F)cc1C1CC1)Nc1c(F)cc(F)cc1Br. The first-order chi connectivity index (χ1) is 11.6. The van der Waals surface area contributed by atoms with Crippen LogP contribution in [0.25, 0.3) is 0 Å². The maximum absolute atomic E-state index is 13.7. The van der Waals surface area contributed by atoms with Gasteiger partial charge in [-0.25, -0.2) is 8.78 Å². The Bertz CT molecular complexity index is 806. The van der Waals surface area contributed by atoms with Crippen LogP contribution in [0.15, 0.2) is 22.7 Å². The molecule has 0 aliphatic heterocycles. The zero-order valence-corrected chi connectivity index (χ0v) is 14.1. The number of nitrogens with one attached hydrogen (secondary N) is 1. The lowest BCUT2D eigenvalue weighted by Crippen LogP contribution is -2.22. The fourth-order valence-electron chi connectivity index (χ4n) is 2.38. The number of halogens is 6. The van der Waals surface area contributed by atoms with Crippen molar-refractivity contribution in [2.75, 3.05) is 5.32 Å². The van der Waals surface area contributed by atoms with E-state index in [0.717, 1.165) is 29.7 Å². The van der Waals surface area contributed by atoms with Crippen LogP contribution in [0.4, 0.5) is 27.6 Å². The van der Waals surface area contributed by atoms with Gasteiger partial charge in [-0.15, -0.1) is 0 Å². The molecule has 0 saturated heterocycles. The third-order valence-corrected chi connectivity index (χ3v) is 4.29. The molecular formula is C15H11BrF5N3O. The van der Waals surface area contributed by atoms with E-state index in [1.165, 1.54) is 0 Å². The van der Waals surface area contributed by atoms with Gasteiger partial charge < -0.3 is 5.32 Å². The average Bonchev–Trinajstić information content (AvgIpc) is 3.23. The molecule has 3 rings (SSSR count). The maximum atomic E-state index is 13.7. The van der Waals surface area contributed by atoms with Crippen molar-refractivity contribution in [3.8, 4) is 0 Å². The highest BCUT2D eigenvalue weighted by Crippen LogP contribution is 2.42. The zero-order chi connectivity index (χ0) is 18.4. The number of nitrogens with zero attached hydrogens (tertiary/aromatic N) is 2. The van der Waals surface area contributed by atoms with Gasteiger partial charge in [-0.1, -0.05) is 0 Å². The molecule has 0 radical (unpaired) electrons. The Balaban J connectivity index is 1.81. The zero-order valence-electron chi connectivity index (χ0n) is 12.5. The molecule has 25 heavy (non-hydrogen) atoms. The molecule has 1 saturated carbocycles. The van der Waals surface area contributed by atoms with E-state index < -0.39 is 36.0 Å². The van der Waals surface area contributed by atoms with Crippen molar-refractivity contribution in [1.29, 1.82) is 0 Å². The van der Waals surface area contributed by atoms with E-state index in [-0.39, 0.29) is 16.1 Å². The molecule has 134 valence electrons. The quantitative estimate of drug-likeness (QED) is 0.738. The lowest BCUT2D eigenvalue weighted by atomic mass is 10.2. The second-order valence-corrected chi connectivity index (χ2v) is 6.53. The number of benzene rings is 1. The molecule has 1 aliphatic carbocycles. The molecule has 1 heterocycles. The molecule has 0 unspecified atom stereocenters. The minimum absolute atomic E-state index is 0.0165. The second-order valence-electron chi connectivity index (χ2n) is 5.68. The smallest absolute Gasteiger partial charge is 0.321 e. The number of carbonyl (C=O) groups excluding carboxylic acids is 1. The molecule has 1 aromatic heterocycles. The van der Waals surface area contributed by atoms with Crippen LogP contribution in [0.2, 0.25) is 0 Å². The van der Waals surface area contributed by atoms with Crippen LogP contribution in [0, 0.1) is 11.6 Å². The van der Waals surface area contributed by atoms with Gasteiger partial charge in [0.1, 0.15) is 12.4 Å². The molecule has 0 bridgehead atoms. The normalized spacial score (nSPS) is 14.6. The van der Waals surface area contributed by atoms with E-state index in [1.54, 1.807) is 0 Å². The first-order valence-corrected chi connectivity index (χ1v) is 8.04. The number of hydrogen-bond acceptors (Lipinski definition) is 2. The summed E-state index contributed by atoms with van der Waals surface area (Å²) in [5, 5.41) is 5.67. The number of hydrogen-bond donors (Lipinski definition) is 1. The lowest BCUT2D eigenvalue weighted by molar-refractivity contribution is -0.141. The van der Waals surface area contributed by atoms with Crippen molar-refractivity contribution in [2.45, 2.75) is 31.5 Å². The highest BCUT2D eigenvalue weighted by Gasteiger charge is 2.38. The summed E-state index contributed by atoms with van der Waals surface area (Å²) in [6.45, 7) is -0.509. The topological polar surface area (TPSA) is 46.9 Å². The fourth-order valence-corrected chi connectivity index (χ4v) is 2.89. The summed E-state index contributed by atoms with van der Waals surface area (Å²) in [6.07, 6.45) is -3.16. The second kappa shape index (κ2) is 6.40. The predicted octanol–water partition coefficient (Wildman–Crippen LogP) is 4.46. The van der Waals surface area contributed by atoms with E-state index in [4.69, 9.17) is 0 Å². The minimum Gasteiger partial charge on any atom is -0.321 e. The van der Waals surface area contributed by atoms with Crippen LogP contribution in [0.5, 0.6) is 0 Å². The third-order valence-electron chi connectivity index (χ3n) is 3.66. The van der Waals surface area contributed by atoms with E-state index in [1.807, 2.05) is 0 Å². The van der Waals surface area contributed by atoms with Crippen molar-refractivity contribution in [3.05, 3.63) is 45.7 Å². The summed E-state index contributed by atoms with van der Waals surface area (Å²) in [5.74, 6) is -2.67. The van der Waals surface area contributed by atoms with Crippen molar-refractivity contribution in [2.24, 2.45) is 0 Å². The van der Waals surface area contributed by atoms with E-state index in [9.17, 15) is 26.7 Å². The summed E-state index contributed by atoms with van der Waals surface area (Å²) in [4.78, 5) is 12.1. The number of carbonyl (C=O) groups is 1. The summed E-state index contributed by atoms with van der Waals surface area (Å²) in [5.41, 5.74) is -1.04. The van der Waals surface area contributed by atoms with Crippen LogP contribution < -0.4 is 5.32 Å². The Labute approximate surface area is 147 Å². The summed E-state index contributed by atoms with van der Waals surface area (Å²) < 4.78 is 66.2. The highest BCUT2D eigenvalue weighted by molar-refractivity contribution is 9.10. The molecule has 1 fully saturated rings. The molecule has 0 atom stereocenters. The largest absolute Gasteiger partial charge is 0.435 e. The molecule has 10 heteroatoms. The molecule has 1 aliphatic rings. The standard InChI is InChI=1S/C15H11BrF5N3O/c16-9-3-8(17)4-10(18)14(9)22-13(25)6-24-11(7-1-2-7)5-12(23-24)15(19,20)21/h3-5,7H,1-2,6H2,(H,22,25). The molecule has 1 N–H and O–H groups in total. The molecule has 1 amide bonds. The van der Waals surface area contributed by atoms with Gasteiger partial charge in [0.05, 0.1) is 5.69 Å². The monoisotopic (exact) mass is 423 g/mol. The number of anilines is 1. The number of rotatable bonds is 4. The van der Waals surface area contributed by atoms with Gasteiger partial charge in [0.25, 0.3) is 0 Å². The first kappa shape index (κ1) is 17.8. The molecule has 0 spiro atoms. The van der Waals surface area contributed by atoms with Crippen LogP contribution in [0.1, 0.15) is 30.1 Å². The van der Waals surface area contributed by atoms with E-state index >= 15 is 0 Å². The van der Waals surface area contributed by atoms with Gasteiger partial charge in [-0.3, -0.25) is 9.48 Å². The number of aromatic nitrogens is 2. The predicted molar refractivity (Wildman–Crippen MR) is 81.9 cm³/mol. The van der Waals surface area contributed by atoms with Gasteiger partial charge in [-0.2, -0.15) is 18.3 Å². The van der Waals surface area contributed by atoms with Gasteiger partial charge in [-0.05, 0) is 40.9 Å². The Morgan fingerprint density at radius 2 is 1.96 bits per heavy atom. The van der Waals surface area contributed by atoms with Crippen molar-refractivity contribution < 1.29 is 26.7 Å². The average molecular weight is 424 g/mol. The van der Waals surface area contributed by atoms with Crippen LogP contribution >= 0.6 is 15.9 Å². The van der Waals surface area contributed by atoms with E-state index in [2.05, 4.69) is 26.3 Å². The molecule has 2 aromatic rings. The summed E-state index contributed by atoms with van der Waals surface area (Å²) >= 11 is 2.92. The first-order valence-electron chi connectivity index (χ1n) is 7.24. The Morgan fingerprint density at radius 1 is 1.28 bits per heavy atom. The van der Waals surface area contributed by atoms with E-state index in [0.29, 0.717) is 11.8 Å². The Hall–Kier alpha value is -1.97. The van der Waals surface area contributed by atoms with Crippen molar-refractivity contribution >= 4 is 27.5 Å². The molecule has 1 aromatic carbocycles. The Kier molecular flexibility index (Phi) is 4.56. The maximum Gasteiger partial charge on any atom is 0.435 e. The van der Waals surface area contributed by atoms with Crippen LogP contribution in [0.3, 0.4) is 0 Å². The van der Waals surface area contributed by atoms with Crippen molar-refractivity contribution in [1.82, 2.24) is 9.78 Å². The van der Waals surface area contributed by atoms with Gasteiger partial charge >= 0.3 is 6.18 Å². The van der Waals surface area contributed by atoms with Crippen LogP contribution in [-0.2, 0) is 17.5 Å². The van der Waals surface area contributed by atoms with Gasteiger partial charge in [0, 0.05) is 22.2 Å². The van der Waals surface area contributed by atoms with Gasteiger partial charge in [0.2, 0.25) is 5.91 Å². The van der Waals surface area contributed by atoms with Gasteiger partial charge in [0.15, 0.2) is 11.5 Å². The molecular weight excluding hydrogens is 413 g/mol. The third kappa shape index (κ3) is 4.00. The summed E-state index contributed by atoms with van der Waals surface area (Å²) in [7, 11) is 0. The minimum atomic E-state index is -4.61. The van der Waals surface area contributed by atoms with Crippen LogP contribution in [-0.4, -0.2) is 15.7 Å². The highest BCUT2D eigenvalue weighted by atomic mass is 79.9. The molecule has 4 nitrogen and oxygen atoms in total. The number of amides is 1. The summed E-state index contributed by atoms with van der Waals surface area (Å²) in [6, 6.07) is 2.48. The van der Waals surface area contributed by atoms with Crippen molar-refractivity contribution in [3.63, 3.8) is 0 Å². The number of alkyl halides is 3. The lowest BCUT2D eigenvalue weighted by Gasteiger charge is -2.10.